The van der Waals surface area contributed by atoms with Crippen molar-refractivity contribution in [1.82, 2.24) is 12.3 Å². The third-order valence-corrected chi connectivity index (χ3v) is 1.22. The molecule has 0 spiro atoms. The molecule has 0 bridgehead atoms. The van der Waals surface area contributed by atoms with E-state index in [1.807, 2.05) is 6.92 Å². The summed E-state index contributed by atoms with van der Waals surface area (Å²) in [5.41, 5.74) is 0. The Bertz CT molecular complexity index is 36.5. The fraction of sp³-hybridized carbons (Fsp3) is 1.00. The normalized spacial score (nSPS) is 7.50. The number of hydrogen-bond acceptors (Lipinski definition) is 2. The lowest BCUT2D eigenvalue weighted by atomic mass is 10.6. The van der Waals surface area contributed by atoms with Gasteiger partial charge in [-0.1, -0.05) is 19.5 Å². The molecule has 5 heteroatoms. The van der Waals surface area contributed by atoms with E-state index in [1.165, 1.54) is 0 Å². The summed E-state index contributed by atoms with van der Waals surface area (Å²) in [4.78, 5) is 19.3. The first-order chi connectivity index (χ1) is 2.77. The highest BCUT2D eigenvalue weighted by Crippen LogP contribution is 2.10. The van der Waals surface area contributed by atoms with Gasteiger partial charge in [0, 0.05) is 0 Å². The van der Waals surface area contributed by atoms with Gasteiger partial charge in [0.15, 0.2) is 0 Å². The summed E-state index contributed by atoms with van der Waals surface area (Å²) in [6.07, 6.45) is 1.06. The average Bonchev–Trinajstić information content (AvgIpc) is 1.35. The molecule has 0 atom stereocenters. The van der Waals surface area contributed by atoms with E-state index in [4.69, 9.17) is 0 Å². The quantitative estimate of drug-likeness (QED) is 0.534. The maximum atomic E-state index is 9.64. The zero-order valence-electron chi connectivity index (χ0n) is 5.68. The van der Waals surface area contributed by atoms with Crippen molar-refractivity contribution in [2.24, 2.45) is 0 Å². The second-order valence-electron chi connectivity index (χ2n) is 1.06. The summed E-state index contributed by atoms with van der Waals surface area (Å²) in [5.74, 6) is 0. The number of hydrogen-bond donors (Lipinski definition) is 2. The Kier molecular flexibility index (Phi) is 20.2. The lowest BCUT2D eigenvalue weighted by molar-refractivity contribution is -0.292. The molecule has 0 fully saturated rings. The van der Waals surface area contributed by atoms with Gasteiger partial charge in [-0.15, -0.1) is 0 Å². The molecule has 0 rings (SSSR count). The van der Waals surface area contributed by atoms with Gasteiger partial charge < -0.3 is 30.5 Å². The van der Waals surface area contributed by atoms with Crippen molar-refractivity contribution in [2.45, 2.75) is 13.3 Å². The molecule has 0 aromatic carbocycles. The molecule has 0 radical (unpaired) electrons. The highest BCUT2D eigenvalue weighted by atomic mass is 31.2. The van der Waals surface area contributed by atoms with Crippen LogP contribution in [0.4, 0.5) is 0 Å². The van der Waals surface area contributed by atoms with Gasteiger partial charge in [0.25, 0.3) is 0 Å². The predicted molar refractivity (Wildman–Crippen MR) is 34.0 cm³/mol. The van der Waals surface area contributed by atoms with Crippen LogP contribution in [0.1, 0.15) is 13.3 Å². The van der Waals surface area contributed by atoms with Gasteiger partial charge in [0.1, 0.15) is 0 Å². The summed E-state index contributed by atoms with van der Waals surface area (Å²) in [5, 5.41) is 0. The first-order valence-electron chi connectivity index (χ1n) is 1.89. The molecular formula is C3H15N2O2P. The molecule has 0 aliphatic heterocycles. The van der Waals surface area contributed by atoms with Crippen LogP contribution in [0.5, 0.6) is 0 Å². The Labute approximate surface area is 51.0 Å². The van der Waals surface area contributed by atoms with Crippen molar-refractivity contribution < 1.29 is 9.79 Å². The Hall–Kier alpha value is 0.270. The highest BCUT2D eigenvalue weighted by Gasteiger charge is 1.67. The van der Waals surface area contributed by atoms with E-state index >= 15 is 0 Å². The van der Waals surface area contributed by atoms with Gasteiger partial charge in [-0.3, -0.25) is 0 Å². The fourth-order valence-corrected chi connectivity index (χ4v) is 0.548. The summed E-state index contributed by atoms with van der Waals surface area (Å²) in [6, 6.07) is 0. The first-order valence-corrected chi connectivity index (χ1v) is 3.25. The molecule has 0 aromatic rings. The van der Waals surface area contributed by atoms with Crippen molar-refractivity contribution in [3.8, 4) is 0 Å². The zero-order chi connectivity index (χ0) is 4.99. The molecule has 0 aromatic heterocycles. The summed E-state index contributed by atoms with van der Waals surface area (Å²) in [7, 11) is -2.10. The van der Waals surface area contributed by atoms with Crippen molar-refractivity contribution in [2.75, 3.05) is 6.16 Å². The first kappa shape index (κ1) is 15.7. The minimum Gasteiger partial charge on any atom is -0.842 e. The van der Waals surface area contributed by atoms with E-state index in [9.17, 15) is 9.79 Å². The molecule has 0 saturated carbocycles. The van der Waals surface area contributed by atoms with Crippen LogP contribution >= 0.6 is 8.38 Å². The van der Waals surface area contributed by atoms with Crippen LogP contribution in [0.3, 0.4) is 0 Å². The van der Waals surface area contributed by atoms with Crippen molar-refractivity contribution in [3.05, 3.63) is 0 Å². The van der Waals surface area contributed by atoms with Gasteiger partial charge in [-0.25, -0.2) is 0 Å². The van der Waals surface area contributed by atoms with Crippen LogP contribution in [0.15, 0.2) is 0 Å². The fourth-order valence-electron chi connectivity index (χ4n) is 0.183. The van der Waals surface area contributed by atoms with Crippen molar-refractivity contribution in [3.63, 3.8) is 0 Å². The van der Waals surface area contributed by atoms with Gasteiger partial charge >= 0.3 is 0 Å². The Morgan fingerprint density at radius 3 is 1.62 bits per heavy atom. The topological polar surface area (TPSA) is 119 Å². The minimum atomic E-state index is -2.10. The van der Waals surface area contributed by atoms with E-state index in [-0.39, 0.29) is 12.3 Å². The minimum absolute atomic E-state index is 0. The third-order valence-electron chi connectivity index (χ3n) is 0.406. The smallest absolute Gasteiger partial charge is 0.0545 e. The maximum absolute atomic E-state index is 9.64. The van der Waals surface area contributed by atoms with E-state index in [0.29, 0.717) is 6.16 Å². The lowest BCUT2D eigenvalue weighted by Gasteiger charge is -2.29. The lowest BCUT2D eigenvalue weighted by Crippen LogP contribution is -2.09. The Balaban J connectivity index is -0.000000125. The van der Waals surface area contributed by atoms with Crippen LogP contribution in [0.2, 0.25) is 0 Å². The number of rotatable bonds is 2. The number of quaternary nitrogens is 2. The van der Waals surface area contributed by atoms with Crippen molar-refractivity contribution in [1.29, 1.82) is 0 Å². The predicted octanol–water partition coefficient (Wildman–Crippen LogP) is 0.181. The third kappa shape index (κ3) is 16.3. The van der Waals surface area contributed by atoms with Crippen molar-refractivity contribution >= 4 is 8.38 Å². The largest absolute Gasteiger partial charge is 0.842 e. The van der Waals surface area contributed by atoms with Crippen LogP contribution < -0.4 is 22.1 Å². The standard InChI is InChI=1S/C3H7O2P.2H3N/c1-2-3-6(4)5;;/h2-3H2,1H3;2*1H3/q-2;;/p+2. The molecule has 8 heavy (non-hydrogen) atoms. The van der Waals surface area contributed by atoms with E-state index in [0.717, 1.165) is 6.42 Å². The van der Waals surface area contributed by atoms with E-state index in [2.05, 4.69) is 0 Å². The Morgan fingerprint density at radius 2 is 1.62 bits per heavy atom. The molecule has 0 unspecified atom stereocenters. The molecule has 8 N–H and O–H groups in total. The second kappa shape index (κ2) is 10.3. The molecule has 54 valence electrons. The maximum Gasteiger partial charge on any atom is -0.0545 e. The molecule has 0 aliphatic carbocycles. The molecule has 0 aliphatic rings. The van der Waals surface area contributed by atoms with Crippen LogP contribution in [-0.4, -0.2) is 6.16 Å². The SMILES string of the molecule is CCCP([O-])[O-].[NH4+].[NH4+]. The summed E-state index contributed by atoms with van der Waals surface area (Å²) >= 11 is 0. The zero-order valence-corrected chi connectivity index (χ0v) is 6.57. The molecule has 0 heterocycles. The van der Waals surface area contributed by atoms with Gasteiger partial charge in [0.2, 0.25) is 0 Å². The molecule has 0 amide bonds. The second-order valence-corrected chi connectivity index (χ2v) is 2.17. The Morgan fingerprint density at radius 1 is 1.25 bits per heavy atom. The monoisotopic (exact) mass is 142 g/mol. The highest BCUT2D eigenvalue weighted by molar-refractivity contribution is 7.41. The van der Waals surface area contributed by atoms with Crippen LogP contribution in [0, 0.1) is 0 Å². The average molecular weight is 142 g/mol. The molecular weight excluding hydrogens is 127 g/mol. The molecule has 0 saturated heterocycles. The van der Waals surface area contributed by atoms with Gasteiger partial charge in [-0.05, 0) is 0 Å². The van der Waals surface area contributed by atoms with Crippen LogP contribution in [-0.2, 0) is 0 Å². The summed E-state index contributed by atoms with van der Waals surface area (Å²) in [6.45, 7) is 1.84. The van der Waals surface area contributed by atoms with E-state index < -0.39 is 8.38 Å². The summed E-state index contributed by atoms with van der Waals surface area (Å²) < 4.78 is 0. The van der Waals surface area contributed by atoms with Gasteiger partial charge in [-0.2, -0.15) is 0 Å². The molecule has 4 nitrogen and oxygen atoms in total. The van der Waals surface area contributed by atoms with Gasteiger partial charge in [0.05, 0.1) is 0 Å². The van der Waals surface area contributed by atoms with E-state index in [1.54, 1.807) is 0 Å². The van der Waals surface area contributed by atoms with Crippen LogP contribution in [0.25, 0.3) is 0 Å².